The summed E-state index contributed by atoms with van der Waals surface area (Å²) >= 11 is 1.50. The predicted octanol–water partition coefficient (Wildman–Crippen LogP) is 2.83. The maximum absolute atomic E-state index is 13.7. The topological polar surface area (TPSA) is 115 Å². The van der Waals surface area contributed by atoms with Crippen molar-refractivity contribution in [2.75, 3.05) is 7.11 Å². The summed E-state index contributed by atoms with van der Waals surface area (Å²) in [7, 11) is 1.62. The lowest BCUT2D eigenvalue weighted by molar-refractivity contribution is 0.415. The molecular weight excluding hydrogens is 403 g/mol. The highest BCUT2D eigenvalue weighted by Gasteiger charge is 2.31. The molecule has 1 atom stereocenters. The van der Waals surface area contributed by atoms with E-state index in [4.69, 9.17) is 16.2 Å². The first-order chi connectivity index (χ1) is 13.0. The average Bonchev–Trinajstić information content (AvgIpc) is 3.19. The van der Waals surface area contributed by atoms with Crippen molar-refractivity contribution in [1.82, 2.24) is 9.97 Å². The molecule has 0 amide bonds. The highest BCUT2D eigenvalue weighted by atomic mass is 35.5. The number of halogens is 2. The van der Waals surface area contributed by atoms with Gasteiger partial charge in [-0.05, 0) is 36.2 Å². The zero-order chi connectivity index (χ0) is 19.0. The number of aromatic nitrogens is 2. The number of nitrogens with two attached hydrogens (primary N) is 2. The Balaban J connectivity index is 0.00000225. The molecule has 3 aromatic rings. The molecule has 0 spiro atoms. The maximum Gasteiger partial charge on any atom is 0.211 e. The predicted molar refractivity (Wildman–Crippen MR) is 112 cm³/mol. The van der Waals surface area contributed by atoms with Crippen molar-refractivity contribution in [3.05, 3.63) is 53.3 Å². The molecule has 0 bridgehead atoms. The minimum absolute atomic E-state index is 0. The third-order valence-electron chi connectivity index (χ3n) is 4.25. The molecule has 28 heavy (non-hydrogen) atoms. The summed E-state index contributed by atoms with van der Waals surface area (Å²) in [5, 5.41) is 8.58. The number of ether oxygens (including phenoxy) is 1. The fourth-order valence-electron chi connectivity index (χ4n) is 3.05. The highest BCUT2D eigenvalue weighted by molar-refractivity contribution is 8.00. The molecule has 0 fully saturated rings. The van der Waals surface area contributed by atoms with Crippen molar-refractivity contribution in [3.8, 4) is 5.75 Å². The first-order valence-electron chi connectivity index (χ1n) is 8.19. The molecule has 0 aliphatic heterocycles. The zero-order valence-electron chi connectivity index (χ0n) is 14.8. The number of benzene rings is 2. The summed E-state index contributed by atoms with van der Waals surface area (Å²) in [5.74, 6) is 0.279. The molecule has 1 aromatic heterocycles. The fraction of sp³-hybridized carbons (Fsp3) is 0.167. The molecule has 2 aromatic carbocycles. The van der Waals surface area contributed by atoms with E-state index in [0.29, 0.717) is 12.1 Å². The first-order valence-corrected chi connectivity index (χ1v) is 9.07. The van der Waals surface area contributed by atoms with E-state index in [2.05, 4.69) is 20.2 Å². The summed E-state index contributed by atoms with van der Waals surface area (Å²) in [6.45, 7) is 0. The molecule has 0 radical (unpaired) electrons. The molecule has 7 nitrogen and oxygen atoms in total. The van der Waals surface area contributed by atoms with Crippen molar-refractivity contribution in [1.29, 1.82) is 0 Å². The molecule has 146 valence electrons. The van der Waals surface area contributed by atoms with Gasteiger partial charge in [-0.3, -0.25) is 0 Å². The Bertz CT molecular complexity index is 1080. The molecular formula is C18H18ClFN6OS. The number of fused-ring (bicyclic) bond motifs is 2. The van der Waals surface area contributed by atoms with E-state index in [1.54, 1.807) is 13.2 Å². The number of nitrogens with zero attached hydrogens (tertiary/aromatic N) is 3. The van der Waals surface area contributed by atoms with Gasteiger partial charge in [-0.15, -0.1) is 17.5 Å². The van der Waals surface area contributed by atoms with Crippen LogP contribution in [0.4, 0.5) is 4.39 Å². The fourth-order valence-corrected chi connectivity index (χ4v) is 4.18. The lowest BCUT2D eigenvalue weighted by Crippen LogP contribution is -2.22. The van der Waals surface area contributed by atoms with Gasteiger partial charge in [0.1, 0.15) is 11.6 Å². The smallest absolute Gasteiger partial charge is 0.211 e. The van der Waals surface area contributed by atoms with Gasteiger partial charge in [-0.1, -0.05) is 17.8 Å². The van der Waals surface area contributed by atoms with Crippen LogP contribution in [0.2, 0.25) is 0 Å². The van der Waals surface area contributed by atoms with E-state index in [0.717, 1.165) is 33.1 Å². The highest BCUT2D eigenvalue weighted by Crippen LogP contribution is 2.35. The number of hydrogen-bond donors (Lipinski definition) is 3. The van der Waals surface area contributed by atoms with E-state index in [1.165, 1.54) is 23.9 Å². The van der Waals surface area contributed by atoms with E-state index in [-0.39, 0.29) is 29.4 Å². The van der Waals surface area contributed by atoms with Crippen LogP contribution in [0.5, 0.6) is 5.75 Å². The molecule has 4 rings (SSSR count). The van der Waals surface area contributed by atoms with Crippen molar-refractivity contribution in [3.63, 3.8) is 0 Å². The molecule has 1 aliphatic rings. The second-order valence-electron chi connectivity index (χ2n) is 6.05. The Hall–Kier alpha value is -2.78. The SMILES string of the molecule is COc1ccc2nc(SC3Cc4ccc(F)cc4/C3=N\N=C(N)N)[nH]c2c1.Cl. The molecule has 1 heterocycles. The molecule has 1 unspecified atom stereocenters. The van der Waals surface area contributed by atoms with Crippen molar-refractivity contribution in [2.24, 2.45) is 21.7 Å². The quantitative estimate of drug-likeness (QED) is 0.341. The van der Waals surface area contributed by atoms with Gasteiger partial charge in [0.2, 0.25) is 5.96 Å². The molecule has 0 saturated heterocycles. The Morgan fingerprint density at radius 2 is 2.11 bits per heavy atom. The van der Waals surface area contributed by atoms with Crippen molar-refractivity contribution < 1.29 is 9.13 Å². The second-order valence-corrected chi connectivity index (χ2v) is 7.24. The van der Waals surface area contributed by atoms with Crippen LogP contribution in [0.1, 0.15) is 11.1 Å². The number of nitrogens with one attached hydrogen (secondary N) is 1. The average molecular weight is 421 g/mol. The number of thioether (sulfide) groups is 1. The van der Waals surface area contributed by atoms with E-state index < -0.39 is 0 Å². The maximum atomic E-state index is 13.7. The summed E-state index contributed by atoms with van der Waals surface area (Å²) in [6.07, 6.45) is 0.680. The number of imidazole rings is 1. The van der Waals surface area contributed by atoms with Gasteiger partial charge in [0.25, 0.3) is 0 Å². The molecule has 10 heteroatoms. The Kier molecular flexibility index (Phi) is 5.76. The number of methoxy groups -OCH3 is 1. The molecule has 5 N–H and O–H groups in total. The Labute approximate surface area is 170 Å². The summed E-state index contributed by atoms with van der Waals surface area (Å²) in [5.41, 5.74) is 14.9. The summed E-state index contributed by atoms with van der Waals surface area (Å²) < 4.78 is 19.0. The van der Waals surface area contributed by atoms with Crippen LogP contribution in [-0.2, 0) is 6.42 Å². The lowest BCUT2D eigenvalue weighted by atomic mass is 10.1. The minimum atomic E-state index is -0.326. The van der Waals surface area contributed by atoms with Gasteiger partial charge >= 0.3 is 0 Å². The third-order valence-corrected chi connectivity index (χ3v) is 5.34. The van der Waals surface area contributed by atoms with Gasteiger partial charge < -0.3 is 21.2 Å². The Morgan fingerprint density at radius 1 is 1.29 bits per heavy atom. The number of aromatic amines is 1. The zero-order valence-corrected chi connectivity index (χ0v) is 16.5. The lowest BCUT2D eigenvalue weighted by Gasteiger charge is -2.07. The number of hydrogen-bond acceptors (Lipinski definition) is 5. The largest absolute Gasteiger partial charge is 0.497 e. The van der Waals surface area contributed by atoms with Crippen LogP contribution in [0.15, 0.2) is 51.8 Å². The van der Waals surface area contributed by atoms with Crippen LogP contribution >= 0.6 is 24.2 Å². The normalized spacial score (nSPS) is 16.6. The Morgan fingerprint density at radius 3 is 2.86 bits per heavy atom. The van der Waals surface area contributed by atoms with Gasteiger partial charge in [-0.25, -0.2) is 9.37 Å². The van der Waals surface area contributed by atoms with Gasteiger partial charge in [0.05, 0.1) is 29.1 Å². The van der Waals surface area contributed by atoms with Crippen LogP contribution in [0.3, 0.4) is 0 Å². The minimum Gasteiger partial charge on any atom is -0.497 e. The monoisotopic (exact) mass is 420 g/mol. The second kappa shape index (κ2) is 8.07. The van der Waals surface area contributed by atoms with Crippen LogP contribution in [0.25, 0.3) is 11.0 Å². The van der Waals surface area contributed by atoms with E-state index in [1.807, 2.05) is 18.2 Å². The third kappa shape index (κ3) is 3.90. The van der Waals surface area contributed by atoms with Crippen molar-refractivity contribution in [2.45, 2.75) is 16.8 Å². The number of guanidine groups is 1. The molecule has 1 aliphatic carbocycles. The molecule has 0 saturated carbocycles. The van der Waals surface area contributed by atoms with Gasteiger partial charge in [0, 0.05) is 11.6 Å². The van der Waals surface area contributed by atoms with E-state index in [9.17, 15) is 4.39 Å². The van der Waals surface area contributed by atoms with Crippen LogP contribution < -0.4 is 16.2 Å². The number of rotatable bonds is 4. The standard InChI is InChI=1S/C18H17FN6OS.ClH/c1-26-11-4-5-13-14(8-11)23-18(22-13)27-15-6-9-2-3-10(19)7-12(9)16(15)24-25-17(20)21;/h2-5,7-8,15H,6H2,1H3,(H,22,23)(H4,20,21,25);1H/b24-16+;. The van der Waals surface area contributed by atoms with Gasteiger partial charge in [-0.2, -0.15) is 5.10 Å². The van der Waals surface area contributed by atoms with Crippen LogP contribution in [0, 0.1) is 5.82 Å². The van der Waals surface area contributed by atoms with Crippen molar-refractivity contribution >= 4 is 46.9 Å². The van der Waals surface area contributed by atoms with Gasteiger partial charge in [0.15, 0.2) is 5.16 Å². The van der Waals surface area contributed by atoms with E-state index >= 15 is 0 Å². The summed E-state index contributed by atoms with van der Waals surface area (Å²) in [4.78, 5) is 7.88. The first kappa shape index (κ1) is 20.0. The number of H-pyrrole nitrogens is 1. The van der Waals surface area contributed by atoms with Crippen LogP contribution in [-0.4, -0.2) is 34.0 Å². The summed E-state index contributed by atoms with van der Waals surface area (Å²) in [6, 6.07) is 10.3.